The second-order valence-electron chi connectivity index (χ2n) is 5.46. The van der Waals surface area contributed by atoms with Crippen molar-refractivity contribution in [3.63, 3.8) is 0 Å². The van der Waals surface area contributed by atoms with Crippen LogP contribution in [-0.2, 0) is 23.1 Å². The lowest BCUT2D eigenvalue weighted by molar-refractivity contribution is -0.138. The molecule has 0 spiro atoms. The van der Waals surface area contributed by atoms with Crippen LogP contribution < -0.4 is 0 Å². The predicted molar refractivity (Wildman–Crippen MR) is 92.2 cm³/mol. The molecule has 11 heteroatoms. The molecule has 0 radical (unpaired) electrons. The SMILES string of the molecule is CCS(=O)(=O)c1cc(C(F)(F)F)cnc1-c1nc2cc(Br)ncc2n1C. The average Bonchev–Trinajstić information content (AvgIpc) is 2.89. The molecule has 3 rings (SSSR count). The Labute approximate surface area is 155 Å². The fraction of sp³-hybridized carbons (Fsp3) is 0.267. The minimum atomic E-state index is -4.70. The molecule has 0 fully saturated rings. The topological polar surface area (TPSA) is 77.7 Å². The third-order valence-electron chi connectivity index (χ3n) is 3.84. The lowest BCUT2D eigenvalue weighted by atomic mass is 10.2. The fourth-order valence-corrected chi connectivity index (χ4v) is 3.81. The zero-order valence-electron chi connectivity index (χ0n) is 13.5. The molecule has 0 amide bonds. The smallest absolute Gasteiger partial charge is 0.324 e. The molecule has 6 nitrogen and oxygen atoms in total. The van der Waals surface area contributed by atoms with Gasteiger partial charge in [0.1, 0.15) is 10.3 Å². The number of nitrogens with zero attached hydrogens (tertiary/aromatic N) is 4. The molecule has 138 valence electrons. The van der Waals surface area contributed by atoms with Crippen molar-refractivity contribution >= 4 is 36.8 Å². The zero-order chi connectivity index (χ0) is 19.3. The van der Waals surface area contributed by atoms with Crippen LogP contribution in [0.25, 0.3) is 22.6 Å². The van der Waals surface area contributed by atoms with E-state index in [1.807, 2.05) is 0 Å². The van der Waals surface area contributed by atoms with Crippen LogP contribution in [0, 0.1) is 0 Å². The Morgan fingerprint density at radius 1 is 1.19 bits per heavy atom. The summed E-state index contributed by atoms with van der Waals surface area (Å²) < 4.78 is 65.9. The van der Waals surface area contributed by atoms with E-state index >= 15 is 0 Å². The summed E-state index contributed by atoms with van der Waals surface area (Å²) in [5.74, 6) is -0.222. The molecule has 26 heavy (non-hydrogen) atoms. The number of fused-ring (bicyclic) bond motifs is 1. The Hall–Kier alpha value is -2.01. The molecule has 0 aliphatic heterocycles. The van der Waals surface area contributed by atoms with E-state index in [2.05, 4.69) is 30.9 Å². The third-order valence-corrected chi connectivity index (χ3v) is 6.02. The van der Waals surface area contributed by atoms with Gasteiger partial charge in [-0.15, -0.1) is 0 Å². The number of imidazole rings is 1. The van der Waals surface area contributed by atoms with E-state index < -0.39 is 26.5 Å². The lowest BCUT2D eigenvalue weighted by Gasteiger charge is -2.12. The van der Waals surface area contributed by atoms with Gasteiger partial charge in [0.15, 0.2) is 15.7 Å². The van der Waals surface area contributed by atoms with Gasteiger partial charge in [-0.05, 0) is 28.1 Å². The van der Waals surface area contributed by atoms with Gasteiger partial charge in [0.05, 0.1) is 33.4 Å². The molecule has 0 N–H and O–H groups in total. The van der Waals surface area contributed by atoms with E-state index in [-0.39, 0.29) is 17.3 Å². The van der Waals surface area contributed by atoms with Crippen molar-refractivity contribution < 1.29 is 21.6 Å². The number of hydrogen-bond acceptors (Lipinski definition) is 5. The van der Waals surface area contributed by atoms with Crippen LogP contribution in [0.15, 0.2) is 34.0 Å². The second-order valence-corrected chi connectivity index (χ2v) is 8.52. The highest BCUT2D eigenvalue weighted by Gasteiger charge is 2.34. The Kier molecular flexibility index (Phi) is 4.55. The third kappa shape index (κ3) is 3.20. The maximum atomic E-state index is 13.0. The van der Waals surface area contributed by atoms with E-state index in [9.17, 15) is 21.6 Å². The standard InChI is InChI=1S/C15H12BrF3N4O2S/c1-3-26(24,25)11-4-8(15(17,18)19)6-21-13(11)14-22-9-5-12(16)20-7-10(9)23(14)2/h4-7H,3H2,1-2H3. The largest absolute Gasteiger partial charge is 0.417 e. The number of pyridine rings is 2. The summed E-state index contributed by atoms with van der Waals surface area (Å²) in [5, 5.41) is 0. The first-order valence-electron chi connectivity index (χ1n) is 7.33. The Morgan fingerprint density at radius 2 is 1.88 bits per heavy atom. The van der Waals surface area contributed by atoms with Crippen molar-refractivity contribution in [2.75, 3.05) is 5.75 Å². The van der Waals surface area contributed by atoms with Crippen molar-refractivity contribution in [2.45, 2.75) is 18.0 Å². The quantitative estimate of drug-likeness (QED) is 0.572. The number of alkyl halides is 3. The van der Waals surface area contributed by atoms with Crippen LogP contribution in [0.4, 0.5) is 13.2 Å². The first kappa shape index (κ1) is 18.8. The number of halogens is 4. The van der Waals surface area contributed by atoms with Gasteiger partial charge >= 0.3 is 6.18 Å². The van der Waals surface area contributed by atoms with Gasteiger partial charge in [0.25, 0.3) is 0 Å². The summed E-state index contributed by atoms with van der Waals surface area (Å²) in [6.45, 7) is 1.36. The van der Waals surface area contributed by atoms with Crippen LogP contribution in [0.1, 0.15) is 12.5 Å². The van der Waals surface area contributed by atoms with E-state index in [0.29, 0.717) is 27.9 Å². The Balaban J connectivity index is 2.33. The lowest BCUT2D eigenvalue weighted by Crippen LogP contribution is -2.13. The number of rotatable bonds is 3. The summed E-state index contributed by atoms with van der Waals surface area (Å²) in [7, 11) is -2.35. The Morgan fingerprint density at radius 3 is 2.50 bits per heavy atom. The molecule has 0 aliphatic carbocycles. The van der Waals surface area contributed by atoms with Crippen molar-refractivity contribution in [3.8, 4) is 11.5 Å². The van der Waals surface area contributed by atoms with Crippen LogP contribution >= 0.6 is 15.9 Å². The van der Waals surface area contributed by atoms with E-state index in [1.165, 1.54) is 13.1 Å². The number of hydrogen-bond donors (Lipinski definition) is 0. The molecule has 0 atom stereocenters. The van der Waals surface area contributed by atoms with Gasteiger partial charge in [-0.3, -0.25) is 4.98 Å². The maximum Gasteiger partial charge on any atom is 0.417 e. The molecule has 3 heterocycles. The highest BCUT2D eigenvalue weighted by molar-refractivity contribution is 9.10. The molecular weight excluding hydrogens is 437 g/mol. The zero-order valence-corrected chi connectivity index (χ0v) is 15.9. The number of aryl methyl sites for hydroxylation is 1. The number of aromatic nitrogens is 4. The highest BCUT2D eigenvalue weighted by Crippen LogP contribution is 2.34. The number of sulfone groups is 1. The molecule has 0 aromatic carbocycles. The molecule has 0 unspecified atom stereocenters. The molecule has 3 aromatic heterocycles. The van der Waals surface area contributed by atoms with E-state index in [1.54, 1.807) is 17.7 Å². The highest BCUT2D eigenvalue weighted by atomic mass is 79.9. The van der Waals surface area contributed by atoms with E-state index in [4.69, 9.17) is 0 Å². The molecule has 0 aliphatic rings. The monoisotopic (exact) mass is 448 g/mol. The molecule has 3 aromatic rings. The van der Waals surface area contributed by atoms with Crippen LogP contribution in [0.3, 0.4) is 0 Å². The van der Waals surface area contributed by atoms with E-state index in [0.717, 1.165) is 0 Å². The predicted octanol–water partition coefficient (Wildman–Crippen LogP) is 3.61. The van der Waals surface area contributed by atoms with Crippen molar-refractivity contribution in [1.82, 2.24) is 19.5 Å². The summed E-state index contributed by atoms with van der Waals surface area (Å²) in [4.78, 5) is 11.7. The summed E-state index contributed by atoms with van der Waals surface area (Å²) in [6.07, 6.45) is -2.57. The van der Waals surface area contributed by atoms with Gasteiger partial charge in [-0.1, -0.05) is 6.92 Å². The summed E-state index contributed by atoms with van der Waals surface area (Å²) in [5.41, 5.74) is -0.165. The maximum absolute atomic E-state index is 13.0. The van der Waals surface area contributed by atoms with Crippen LogP contribution in [0.2, 0.25) is 0 Å². The fourth-order valence-electron chi connectivity index (χ4n) is 2.44. The minimum absolute atomic E-state index is 0.130. The first-order chi connectivity index (χ1) is 12.0. The molecular formula is C15H12BrF3N4O2S. The van der Waals surface area contributed by atoms with Crippen LogP contribution in [0.5, 0.6) is 0 Å². The molecule has 0 saturated carbocycles. The average molecular weight is 449 g/mol. The van der Waals surface area contributed by atoms with Crippen LogP contribution in [-0.4, -0.2) is 33.7 Å². The van der Waals surface area contributed by atoms with Crippen molar-refractivity contribution in [2.24, 2.45) is 7.05 Å². The first-order valence-corrected chi connectivity index (χ1v) is 9.77. The van der Waals surface area contributed by atoms with Gasteiger partial charge in [0.2, 0.25) is 0 Å². The van der Waals surface area contributed by atoms with Gasteiger partial charge in [-0.25, -0.2) is 18.4 Å². The molecule has 0 saturated heterocycles. The summed E-state index contributed by atoms with van der Waals surface area (Å²) in [6, 6.07) is 2.23. The Bertz CT molecular complexity index is 1110. The normalized spacial score (nSPS) is 12.7. The summed E-state index contributed by atoms with van der Waals surface area (Å²) >= 11 is 3.21. The van der Waals surface area contributed by atoms with Gasteiger partial charge in [0, 0.05) is 13.2 Å². The van der Waals surface area contributed by atoms with Crippen molar-refractivity contribution in [3.05, 3.63) is 34.7 Å². The van der Waals surface area contributed by atoms with Crippen molar-refractivity contribution in [1.29, 1.82) is 0 Å². The second kappa shape index (κ2) is 6.31. The minimum Gasteiger partial charge on any atom is -0.324 e. The van der Waals surface area contributed by atoms with Gasteiger partial charge in [-0.2, -0.15) is 13.2 Å². The van der Waals surface area contributed by atoms with Gasteiger partial charge < -0.3 is 4.57 Å². The molecule has 0 bridgehead atoms.